The largest absolute Gasteiger partial charge is 0.372 e. The Hall–Kier alpha value is -2.37. The SMILES string of the molecule is O=C(N/N=C\c1ccc(Cl)cc1)C(O)(c1ccc(Cl)cc1)c1ccc(Cl)cc1. The molecule has 0 fully saturated rings. The van der Waals surface area contributed by atoms with Gasteiger partial charge in [0, 0.05) is 15.1 Å². The number of benzene rings is 3. The van der Waals surface area contributed by atoms with E-state index >= 15 is 0 Å². The topological polar surface area (TPSA) is 61.7 Å². The van der Waals surface area contributed by atoms with Crippen LogP contribution in [-0.4, -0.2) is 17.2 Å². The minimum Gasteiger partial charge on any atom is -0.372 e. The van der Waals surface area contributed by atoms with Crippen molar-refractivity contribution >= 4 is 46.9 Å². The number of hydrazone groups is 1. The molecule has 2 N–H and O–H groups in total. The third-order valence-electron chi connectivity index (χ3n) is 4.10. The van der Waals surface area contributed by atoms with Gasteiger partial charge in [0.1, 0.15) is 0 Å². The summed E-state index contributed by atoms with van der Waals surface area (Å²) in [7, 11) is 0. The Morgan fingerprint density at radius 2 is 1.18 bits per heavy atom. The van der Waals surface area contributed by atoms with Crippen molar-refractivity contribution in [3.63, 3.8) is 0 Å². The Bertz CT molecular complexity index is 940. The van der Waals surface area contributed by atoms with Crippen molar-refractivity contribution in [1.29, 1.82) is 0 Å². The molecule has 3 aromatic rings. The van der Waals surface area contributed by atoms with Crippen LogP contribution < -0.4 is 5.43 Å². The monoisotopic (exact) mass is 432 g/mol. The molecule has 0 aromatic heterocycles. The quantitative estimate of drug-likeness (QED) is 0.438. The molecule has 3 aromatic carbocycles. The molecule has 28 heavy (non-hydrogen) atoms. The van der Waals surface area contributed by atoms with Gasteiger partial charge in [-0.15, -0.1) is 0 Å². The number of hydrogen-bond acceptors (Lipinski definition) is 3. The molecule has 0 heterocycles. The lowest BCUT2D eigenvalue weighted by Gasteiger charge is -2.27. The summed E-state index contributed by atoms with van der Waals surface area (Å²) in [5.41, 5.74) is 1.85. The molecule has 7 heteroatoms. The summed E-state index contributed by atoms with van der Waals surface area (Å²) in [6, 6.07) is 19.7. The van der Waals surface area contributed by atoms with E-state index in [9.17, 15) is 9.90 Å². The highest BCUT2D eigenvalue weighted by Gasteiger charge is 2.40. The smallest absolute Gasteiger partial charge is 0.281 e. The molecule has 1 amide bonds. The molecular weight excluding hydrogens is 419 g/mol. The summed E-state index contributed by atoms with van der Waals surface area (Å²) in [4.78, 5) is 12.9. The van der Waals surface area contributed by atoms with E-state index in [1.165, 1.54) is 6.21 Å². The second kappa shape index (κ2) is 8.76. The molecule has 0 bridgehead atoms. The van der Waals surface area contributed by atoms with Crippen molar-refractivity contribution in [2.75, 3.05) is 0 Å². The van der Waals surface area contributed by atoms with Crippen LogP contribution in [0.5, 0.6) is 0 Å². The number of aliphatic hydroxyl groups is 1. The van der Waals surface area contributed by atoms with Gasteiger partial charge in [0.15, 0.2) is 5.60 Å². The molecule has 0 unspecified atom stereocenters. The number of nitrogens with zero attached hydrogens (tertiary/aromatic N) is 1. The first-order valence-electron chi connectivity index (χ1n) is 8.23. The second-order valence-corrected chi connectivity index (χ2v) is 7.28. The maximum absolute atomic E-state index is 12.9. The Morgan fingerprint density at radius 1 is 0.786 bits per heavy atom. The van der Waals surface area contributed by atoms with Gasteiger partial charge in [0.05, 0.1) is 6.21 Å². The second-order valence-electron chi connectivity index (χ2n) is 5.97. The summed E-state index contributed by atoms with van der Waals surface area (Å²) in [6.45, 7) is 0. The highest BCUT2D eigenvalue weighted by molar-refractivity contribution is 6.31. The van der Waals surface area contributed by atoms with Crippen LogP contribution in [0, 0.1) is 0 Å². The lowest BCUT2D eigenvalue weighted by molar-refractivity contribution is -0.136. The standard InChI is InChI=1S/C21H15Cl3N2O2/c22-17-7-1-14(2-8-17)13-25-26-20(27)21(28,15-3-9-18(23)10-4-15)16-5-11-19(24)12-6-16/h1-13,28H,(H,26,27)/b25-13-. The molecule has 4 nitrogen and oxygen atoms in total. The van der Waals surface area contributed by atoms with Crippen molar-refractivity contribution in [2.45, 2.75) is 5.60 Å². The summed E-state index contributed by atoms with van der Waals surface area (Å²) < 4.78 is 0. The van der Waals surface area contributed by atoms with Gasteiger partial charge in [-0.3, -0.25) is 4.79 Å². The first-order chi connectivity index (χ1) is 13.4. The first-order valence-corrected chi connectivity index (χ1v) is 9.36. The molecule has 0 saturated heterocycles. The molecule has 0 spiro atoms. The molecule has 0 saturated carbocycles. The van der Waals surface area contributed by atoms with E-state index in [0.29, 0.717) is 26.2 Å². The molecule has 0 aliphatic heterocycles. The maximum atomic E-state index is 12.9. The summed E-state index contributed by atoms with van der Waals surface area (Å²) in [6.07, 6.45) is 1.46. The number of carbonyl (C=O) groups is 1. The number of carbonyl (C=O) groups excluding carboxylic acids is 1. The van der Waals surface area contributed by atoms with Crippen LogP contribution in [0.1, 0.15) is 16.7 Å². The highest BCUT2D eigenvalue weighted by atomic mass is 35.5. The van der Waals surface area contributed by atoms with Gasteiger partial charge in [0.25, 0.3) is 5.91 Å². The molecule has 0 atom stereocenters. The van der Waals surface area contributed by atoms with E-state index < -0.39 is 11.5 Å². The van der Waals surface area contributed by atoms with Crippen molar-refractivity contribution in [2.24, 2.45) is 5.10 Å². The van der Waals surface area contributed by atoms with Crippen LogP contribution in [-0.2, 0) is 10.4 Å². The molecule has 142 valence electrons. The predicted molar refractivity (Wildman–Crippen MR) is 113 cm³/mol. The van der Waals surface area contributed by atoms with Gasteiger partial charge in [-0.1, -0.05) is 71.2 Å². The van der Waals surface area contributed by atoms with E-state index in [-0.39, 0.29) is 0 Å². The Labute approximate surface area is 177 Å². The van der Waals surface area contributed by atoms with Crippen LogP contribution in [0.25, 0.3) is 0 Å². The number of amides is 1. The van der Waals surface area contributed by atoms with E-state index in [1.807, 2.05) is 0 Å². The number of hydrogen-bond donors (Lipinski definition) is 2. The minimum absolute atomic E-state index is 0.346. The summed E-state index contributed by atoms with van der Waals surface area (Å²) in [5.74, 6) is -0.720. The van der Waals surface area contributed by atoms with Gasteiger partial charge in [-0.05, 0) is 53.1 Å². The predicted octanol–water partition coefficient (Wildman–Crippen LogP) is 5.03. The van der Waals surface area contributed by atoms with Gasteiger partial charge in [0.2, 0.25) is 0 Å². The Kier molecular flexibility index (Phi) is 6.37. The third-order valence-corrected chi connectivity index (χ3v) is 4.86. The van der Waals surface area contributed by atoms with Crippen LogP contribution in [0.3, 0.4) is 0 Å². The van der Waals surface area contributed by atoms with Crippen LogP contribution in [0.2, 0.25) is 15.1 Å². The zero-order valence-corrected chi connectivity index (χ0v) is 16.7. The van der Waals surface area contributed by atoms with Gasteiger partial charge >= 0.3 is 0 Å². The Balaban J connectivity index is 1.91. The molecule has 0 radical (unpaired) electrons. The molecular formula is C21H15Cl3N2O2. The molecule has 0 aliphatic rings. The molecule has 0 aliphatic carbocycles. The van der Waals surface area contributed by atoms with Crippen molar-refractivity contribution in [3.05, 3.63) is 105 Å². The van der Waals surface area contributed by atoms with Crippen molar-refractivity contribution < 1.29 is 9.90 Å². The maximum Gasteiger partial charge on any atom is 0.281 e. The number of rotatable bonds is 5. The van der Waals surface area contributed by atoms with E-state index in [2.05, 4.69) is 10.5 Å². The normalized spacial score (nSPS) is 11.6. The fourth-order valence-electron chi connectivity index (χ4n) is 2.61. The van der Waals surface area contributed by atoms with E-state index in [4.69, 9.17) is 34.8 Å². The third kappa shape index (κ3) is 4.54. The van der Waals surface area contributed by atoms with Crippen LogP contribution >= 0.6 is 34.8 Å². The zero-order valence-electron chi connectivity index (χ0n) is 14.4. The van der Waals surface area contributed by atoms with Gasteiger partial charge < -0.3 is 5.11 Å². The summed E-state index contributed by atoms with van der Waals surface area (Å²) >= 11 is 17.7. The minimum atomic E-state index is -1.98. The van der Waals surface area contributed by atoms with Crippen molar-refractivity contribution in [3.8, 4) is 0 Å². The fraction of sp³-hybridized carbons (Fsp3) is 0.0476. The number of halogens is 3. The average molecular weight is 434 g/mol. The lowest BCUT2D eigenvalue weighted by Crippen LogP contribution is -2.43. The Morgan fingerprint density at radius 3 is 1.61 bits per heavy atom. The van der Waals surface area contributed by atoms with E-state index in [1.54, 1.807) is 72.8 Å². The molecule has 3 rings (SSSR count). The van der Waals surface area contributed by atoms with Crippen LogP contribution in [0.15, 0.2) is 77.9 Å². The first kappa shape index (κ1) is 20.4. The van der Waals surface area contributed by atoms with Crippen molar-refractivity contribution in [1.82, 2.24) is 5.43 Å². The van der Waals surface area contributed by atoms with Gasteiger partial charge in [-0.25, -0.2) is 5.43 Å². The average Bonchev–Trinajstić information content (AvgIpc) is 2.70. The summed E-state index contributed by atoms with van der Waals surface area (Å²) in [5, 5.41) is 16.9. The number of nitrogens with one attached hydrogen (secondary N) is 1. The highest BCUT2D eigenvalue weighted by Crippen LogP contribution is 2.31. The van der Waals surface area contributed by atoms with Crippen LogP contribution in [0.4, 0.5) is 0 Å². The fourth-order valence-corrected chi connectivity index (χ4v) is 2.98. The van der Waals surface area contributed by atoms with Gasteiger partial charge in [-0.2, -0.15) is 5.10 Å². The lowest BCUT2D eigenvalue weighted by atomic mass is 9.85. The zero-order chi connectivity index (χ0) is 20.1. The van der Waals surface area contributed by atoms with E-state index in [0.717, 1.165) is 5.56 Å².